The first-order valence-corrected chi connectivity index (χ1v) is 10.2. The maximum Gasteiger partial charge on any atom is 0.315 e. The Kier molecular flexibility index (Phi) is 8.71. The fourth-order valence-corrected chi connectivity index (χ4v) is 3.82. The van der Waals surface area contributed by atoms with Crippen LogP contribution in [0.2, 0.25) is 0 Å². The minimum Gasteiger partial charge on any atom is -0.356 e. The lowest BCUT2D eigenvalue weighted by atomic mass is 9.96. The summed E-state index contributed by atoms with van der Waals surface area (Å²) in [4.78, 5) is 38.0. The molecule has 0 radical (unpaired) electrons. The maximum atomic E-state index is 12.4. The van der Waals surface area contributed by atoms with Crippen molar-refractivity contribution in [2.75, 3.05) is 26.2 Å². The first kappa shape index (κ1) is 20.5. The predicted molar refractivity (Wildman–Crippen MR) is 101 cm³/mol. The van der Waals surface area contributed by atoms with Crippen molar-refractivity contribution in [1.29, 1.82) is 0 Å². The molecule has 1 aliphatic heterocycles. The van der Waals surface area contributed by atoms with Crippen LogP contribution >= 0.6 is 0 Å². The van der Waals surface area contributed by atoms with Gasteiger partial charge in [-0.25, -0.2) is 4.79 Å². The van der Waals surface area contributed by atoms with Gasteiger partial charge in [-0.15, -0.1) is 0 Å². The maximum absolute atomic E-state index is 12.4. The molecule has 26 heavy (non-hydrogen) atoms. The summed E-state index contributed by atoms with van der Waals surface area (Å²) in [5, 5.41) is 8.70. The summed E-state index contributed by atoms with van der Waals surface area (Å²) in [5.74, 6) is 0.0339. The summed E-state index contributed by atoms with van der Waals surface area (Å²) in [6.07, 6.45) is 8.51. The number of hydrogen-bond donors (Lipinski definition) is 3. The molecule has 7 heteroatoms. The number of amides is 4. The van der Waals surface area contributed by atoms with Crippen LogP contribution in [0, 0.1) is 5.92 Å². The zero-order chi connectivity index (χ0) is 18.8. The van der Waals surface area contributed by atoms with Gasteiger partial charge in [0.2, 0.25) is 11.8 Å². The highest BCUT2D eigenvalue weighted by Crippen LogP contribution is 2.18. The van der Waals surface area contributed by atoms with E-state index in [4.69, 9.17) is 0 Å². The van der Waals surface area contributed by atoms with Crippen LogP contribution in [0.5, 0.6) is 0 Å². The van der Waals surface area contributed by atoms with E-state index in [9.17, 15) is 14.4 Å². The molecule has 1 aliphatic carbocycles. The van der Waals surface area contributed by atoms with E-state index in [2.05, 4.69) is 16.0 Å². The van der Waals surface area contributed by atoms with Crippen LogP contribution in [0.25, 0.3) is 0 Å². The molecule has 2 aliphatic rings. The van der Waals surface area contributed by atoms with E-state index in [1.54, 1.807) is 4.90 Å². The number of urea groups is 1. The summed E-state index contributed by atoms with van der Waals surface area (Å²) in [7, 11) is 0. The summed E-state index contributed by atoms with van der Waals surface area (Å²) >= 11 is 0. The highest BCUT2D eigenvalue weighted by Gasteiger charge is 2.27. The van der Waals surface area contributed by atoms with Gasteiger partial charge in [0.15, 0.2) is 0 Å². The second-order valence-corrected chi connectivity index (χ2v) is 7.41. The monoisotopic (exact) mass is 366 g/mol. The van der Waals surface area contributed by atoms with E-state index < -0.39 is 0 Å². The molecule has 0 aromatic carbocycles. The predicted octanol–water partition coefficient (Wildman–Crippen LogP) is 1.77. The Morgan fingerprint density at radius 2 is 1.77 bits per heavy atom. The Morgan fingerprint density at radius 3 is 2.50 bits per heavy atom. The first-order chi connectivity index (χ1) is 12.6. The van der Waals surface area contributed by atoms with Crippen LogP contribution in [-0.2, 0) is 9.59 Å². The molecule has 148 valence electrons. The number of likely N-dealkylation sites (tertiary alicyclic amines) is 1. The van der Waals surface area contributed by atoms with Gasteiger partial charge < -0.3 is 20.9 Å². The van der Waals surface area contributed by atoms with E-state index in [0.717, 1.165) is 32.2 Å². The molecule has 7 nitrogen and oxygen atoms in total. The van der Waals surface area contributed by atoms with Gasteiger partial charge in [0.1, 0.15) is 0 Å². The third-order valence-corrected chi connectivity index (χ3v) is 5.29. The van der Waals surface area contributed by atoms with Crippen LogP contribution in [0.15, 0.2) is 0 Å². The number of nitrogens with zero attached hydrogens (tertiary/aromatic N) is 1. The summed E-state index contributed by atoms with van der Waals surface area (Å²) < 4.78 is 0. The number of rotatable bonds is 7. The molecule has 0 aromatic rings. The lowest BCUT2D eigenvalue weighted by molar-refractivity contribution is -0.135. The minimum atomic E-state index is -0.126. The summed E-state index contributed by atoms with van der Waals surface area (Å²) in [6, 6.07) is 0.170. The molecule has 1 saturated carbocycles. The van der Waals surface area contributed by atoms with Gasteiger partial charge in [-0.1, -0.05) is 19.3 Å². The fraction of sp³-hybridized carbons (Fsp3) is 0.842. The van der Waals surface area contributed by atoms with Crippen molar-refractivity contribution < 1.29 is 14.4 Å². The molecule has 0 bridgehead atoms. The van der Waals surface area contributed by atoms with Crippen molar-refractivity contribution in [1.82, 2.24) is 20.9 Å². The largest absolute Gasteiger partial charge is 0.356 e. The average molecular weight is 367 g/mol. The summed E-state index contributed by atoms with van der Waals surface area (Å²) in [6.45, 7) is 4.27. The van der Waals surface area contributed by atoms with E-state index in [1.165, 1.54) is 19.3 Å². The Labute approximate surface area is 156 Å². The molecule has 1 atom stereocenters. The van der Waals surface area contributed by atoms with Gasteiger partial charge >= 0.3 is 6.03 Å². The molecule has 1 saturated heterocycles. The molecular formula is C19H34N4O3. The SMILES string of the molecule is CCNC(=O)C1CCCN(C(=O)CCCNC(=O)NC2CCCCC2)C1. The molecule has 0 aromatic heterocycles. The van der Waals surface area contributed by atoms with E-state index in [-0.39, 0.29) is 23.8 Å². The van der Waals surface area contributed by atoms with Gasteiger partial charge in [-0.2, -0.15) is 0 Å². The third-order valence-electron chi connectivity index (χ3n) is 5.29. The third kappa shape index (κ3) is 6.84. The zero-order valence-electron chi connectivity index (χ0n) is 16.0. The molecule has 1 heterocycles. The second kappa shape index (κ2) is 11.0. The lowest BCUT2D eigenvalue weighted by Crippen LogP contribution is -2.45. The minimum absolute atomic E-state index is 0.0473. The van der Waals surface area contributed by atoms with Crippen LogP contribution < -0.4 is 16.0 Å². The molecule has 2 rings (SSSR count). The molecule has 3 N–H and O–H groups in total. The van der Waals surface area contributed by atoms with Crippen molar-refractivity contribution in [3.05, 3.63) is 0 Å². The van der Waals surface area contributed by atoms with Crippen molar-refractivity contribution in [2.45, 2.75) is 70.8 Å². The Hall–Kier alpha value is -1.79. The van der Waals surface area contributed by atoms with Gasteiger partial charge in [0.05, 0.1) is 5.92 Å². The van der Waals surface area contributed by atoms with Crippen molar-refractivity contribution in [3.63, 3.8) is 0 Å². The topological polar surface area (TPSA) is 90.5 Å². The first-order valence-electron chi connectivity index (χ1n) is 10.2. The standard InChI is InChI=1S/C19H34N4O3/c1-2-20-18(25)15-8-7-13-23(14-15)17(24)11-6-12-21-19(26)22-16-9-4-3-5-10-16/h15-16H,2-14H2,1H3,(H,20,25)(H2,21,22,26). The van der Waals surface area contributed by atoms with E-state index in [0.29, 0.717) is 38.5 Å². The highest BCUT2D eigenvalue weighted by atomic mass is 16.2. The number of nitrogens with one attached hydrogen (secondary N) is 3. The summed E-state index contributed by atoms with van der Waals surface area (Å²) in [5.41, 5.74) is 0. The quantitative estimate of drug-likeness (QED) is 0.600. The fourth-order valence-electron chi connectivity index (χ4n) is 3.82. The number of hydrogen-bond acceptors (Lipinski definition) is 3. The number of carbonyl (C=O) groups excluding carboxylic acids is 3. The molecular weight excluding hydrogens is 332 g/mol. The normalized spacial score (nSPS) is 21.1. The van der Waals surface area contributed by atoms with E-state index >= 15 is 0 Å². The van der Waals surface area contributed by atoms with Gasteiger partial charge in [-0.3, -0.25) is 9.59 Å². The number of piperidine rings is 1. The smallest absolute Gasteiger partial charge is 0.315 e. The number of carbonyl (C=O) groups is 3. The van der Waals surface area contributed by atoms with E-state index in [1.807, 2.05) is 6.92 Å². The second-order valence-electron chi connectivity index (χ2n) is 7.41. The molecule has 0 spiro atoms. The zero-order valence-corrected chi connectivity index (χ0v) is 16.0. The Balaban J connectivity index is 1.60. The molecule has 1 unspecified atom stereocenters. The van der Waals surface area contributed by atoms with Gasteiger partial charge in [0.25, 0.3) is 0 Å². The van der Waals surface area contributed by atoms with Gasteiger partial charge in [0, 0.05) is 38.6 Å². The highest BCUT2D eigenvalue weighted by molar-refractivity contribution is 5.81. The average Bonchev–Trinajstić information content (AvgIpc) is 2.66. The Bertz CT molecular complexity index is 477. The van der Waals surface area contributed by atoms with Crippen LogP contribution in [-0.4, -0.2) is 55.0 Å². The van der Waals surface area contributed by atoms with Crippen LogP contribution in [0.1, 0.15) is 64.7 Å². The van der Waals surface area contributed by atoms with Crippen molar-refractivity contribution in [3.8, 4) is 0 Å². The van der Waals surface area contributed by atoms with Crippen LogP contribution in [0.4, 0.5) is 4.79 Å². The van der Waals surface area contributed by atoms with Crippen LogP contribution in [0.3, 0.4) is 0 Å². The van der Waals surface area contributed by atoms with Crippen molar-refractivity contribution >= 4 is 17.8 Å². The Morgan fingerprint density at radius 1 is 1.00 bits per heavy atom. The molecule has 4 amide bonds. The van der Waals surface area contributed by atoms with Gasteiger partial charge in [-0.05, 0) is 39.0 Å². The lowest BCUT2D eigenvalue weighted by Gasteiger charge is -2.32. The van der Waals surface area contributed by atoms with Crippen molar-refractivity contribution in [2.24, 2.45) is 5.92 Å². The molecule has 2 fully saturated rings.